The summed E-state index contributed by atoms with van der Waals surface area (Å²) >= 11 is 2.01. The lowest BCUT2D eigenvalue weighted by Crippen LogP contribution is -2.33. The monoisotopic (exact) mass is 187 g/mol. The SMILES string of the molecule is C=CC(C)NC(C)CCSCC. The molecule has 2 atom stereocenters. The maximum atomic E-state index is 3.74. The fraction of sp³-hybridized carbons (Fsp3) is 0.800. The van der Waals surface area contributed by atoms with Gasteiger partial charge in [0.05, 0.1) is 0 Å². The van der Waals surface area contributed by atoms with Crippen molar-refractivity contribution in [2.45, 2.75) is 39.3 Å². The van der Waals surface area contributed by atoms with Crippen molar-refractivity contribution in [2.75, 3.05) is 11.5 Å². The minimum absolute atomic E-state index is 0.437. The van der Waals surface area contributed by atoms with Crippen LogP contribution in [0.4, 0.5) is 0 Å². The van der Waals surface area contributed by atoms with Gasteiger partial charge in [-0.2, -0.15) is 11.8 Å². The first kappa shape index (κ1) is 12.0. The van der Waals surface area contributed by atoms with Gasteiger partial charge in [-0.1, -0.05) is 13.0 Å². The van der Waals surface area contributed by atoms with E-state index in [0.717, 1.165) is 0 Å². The quantitative estimate of drug-likeness (QED) is 0.486. The van der Waals surface area contributed by atoms with E-state index in [-0.39, 0.29) is 0 Å². The van der Waals surface area contributed by atoms with E-state index in [9.17, 15) is 0 Å². The molecule has 1 nitrogen and oxygen atoms in total. The van der Waals surface area contributed by atoms with Crippen LogP contribution in [0.1, 0.15) is 27.2 Å². The van der Waals surface area contributed by atoms with Gasteiger partial charge in [-0.15, -0.1) is 6.58 Å². The molecule has 0 aliphatic rings. The van der Waals surface area contributed by atoms with Crippen LogP contribution in [0.15, 0.2) is 12.7 Å². The Morgan fingerprint density at radius 2 is 2.17 bits per heavy atom. The van der Waals surface area contributed by atoms with Gasteiger partial charge >= 0.3 is 0 Å². The standard InChI is InChI=1S/C10H21NS/c1-5-9(3)11-10(4)7-8-12-6-2/h5,9-11H,1,6-8H2,2-4H3. The van der Waals surface area contributed by atoms with Crippen LogP contribution in [0.25, 0.3) is 0 Å². The van der Waals surface area contributed by atoms with E-state index in [4.69, 9.17) is 0 Å². The van der Waals surface area contributed by atoms with Crippen molar-refractivity contribution >= 4 is 11.8 Å². The van der Waals surface area contributed by atoms with Gasteiger partial charge < -0.3 is 5.32 Å². The Labute approximate surface area is 81.0 Å². The number of nitrogens with one attached hydrogen (secondary N) is 1. The first-order valence-electron chi connectivity index (χ1n) is 4.67. The molecule has 0 heterocycles. The van der Waals surface area contributed by atoms with Gasteiger partial charge in [0.25, 0.3) is 0 Å². The minimum Gasteiger partial charge on any atom is -0.308 e. The molecule has 0 spiro atoms. The molecule has 0 aromatic heterocycles. The zero-order valence-corrected chi connectivity index (χ0v) is 9.29. The lowest BCUT2D eigenvalue weighted by Gasteiger charge is -2.16. The predicted octanol–water partition coefficient (Wildman–Crippen LogP) is 2.68. The highest BCUT2D eigenvalue weighted by molar-refractivity contribution is 7.99. The lowest BCUT2D eigenvalue weighted by molar-refractivity contribution is 0.507. The van der Waals surface area contributed by atoms with E-state index in [1.165, 1.54) is 17.9 Å². The largest absolute Gasteiger partial charge is 0.308 e. The molecule has 0 amide bonds. The van der Waals surface area contributed by atoms with Crippen molar-refractivity contribution in [2.24, 2.45) is 0 Å². The Balaban J connectivity index is 3.32. The van der Waals surface area contributed by atoms with E-state index in [1.807, 2.05) is 17.8 Å². The van der Waals surface area contributed by atoms with Crippen LogP contribution in [0.3, 0.4) is 0 Å². The molecular formula is C10H21NS. The molecule has 0 radical (unpaired) electrons. The van der Waals surface area contributed by atoms with Crippen LogP contribution in [-0.2, 0) is 0 Å². The van der Waals surface area contributed by atoms with Crippen LogP contribution in [-0.4, -0.2) is 23.6 Å². The van der Waals surface area contributed by atoms with Gasteiger partial charge in [-0.25, -0.2) is 0 Å². The summed E-state index contributed by atoms with van der Waals surface area (Å²) in [6, 6.07) is 1.05. The Kier molecular flexibility index (Phi) is 7.72. The molecule has 0 aromatic carbocycles. The van der Waals surface area contributed by atoms with Gasteiger partial charge in [0.1, 0.15) is 0 Å². The van der Waals surface area contributed by atoms with Crippen LogP contribution >= 0.6 is 11.8 Å². The number of thioether (sulfide) groups is 1. The molecule has 2 heteroatoms. The zero-order chi connectivity index (χ0) is 9.40. The molecule has 0 saturated carbocycles. The fourth-order valence-electron chi connectivity index (χ4n) is 1.00. The molecule has 2 unspecified atom stereocenters. The lowest BCUT2D eigenvalue weighted by atomic mass is 10.2. The highest BCUT2D eigenvalue weighted by Crippen LogP contribution is 2.04. The van der Waals surface area contributed by atoms with Crippen LogP contribution in [0.2, 0.25) is 0 Å². The maximum Gasteiger partial charge on any atom is 0.0221 e. The summed E-state index contributed by atoms with van der Waals surface area (Å²) < 4.78 is 0. The molecule has 0 aliphatic heterocycles. The average Bonchev–Trinajstić information content (AvgIpc) is 2.05. The van der Waals surface area contributed by atoms with Crippen LogP contribution in [0.5, 0.6) is 0 Å². The Hall–Kier alpha value is 0.0500. The summed E-state index contributed by atoms with van der Waals surface area (Å²) in [4.78, 5) is 0. The number of hydrogen-bond donors (Lipinski definition) is 1. The Bertz CT molecular complexity index is 114. The molecule has 0 bridgehead atoms. The van der Waals surface area contributed by atoms with Crippen molar-refractivity contribution in [1.82, 2.24) is 5.32 Å². The first-order valence-corrected chi connectivity index (χ1v) is 5.82. The third kappa shape index (κ3) is 6.74. The third-order valence-corrected chi connectivity index (χ3v) is 2.73. The molecule has 1 N–H and O–H groups in total. The summed E-state index contributed by atoms with van der Waals surface area (Å²) in [6.45, 7) is 10.3. The van der Waals surface area contributed by atoms with E-state index >= 15 is 0 Å². The smallest absolute Gasteiger partial charge is 0.0221 e. The zero-order valence-electron chi connectivity index (χ0n) is 8.47. The molecule has 72 valence electrons. The van der Waals surface area contributed by atoms with Crippen LogP contribution in [0, 0.1) is 0 Å². The summed E-state index contributed by atoms with van der Waals surface area (Å²) in [5, 5.41) is 3.46. The van der Waals surface area contributed by atoms with E-state index in [0.29, 0.717) is 12.1 Å². The number of rotatable bonds is 7. The van der Waals surface area contributed by atoms with E-state index in [1.54, 1.807) is 0 Å². The fourth-order valence-corrected chi connectivity index (χ4v) is 1.81. The highest BCUT2D eigenvalue weighted by atomic mass is 32.2. The molecule has 0 fully saturated rings. The van der Waals surface area contributed by atoms with Gasteiger partial charge in [-0.3, -0.25) is 0 Å². The second-order valence-corrected chi connectivity index (χ2v) is 4.47. The van der Waals surface area contributed by atoms with Gasteiger partial charge in [0, 0.05) is 12.1 Å². The highest BCUT2D eigenvalue weighted by Gasteiger charge is 2.02. The molecule has 0 saturated heterocycles. The van der Waals surface area contributed by atoms with Crippen molar-refractivity contribution in [3.05, 3.63) is 12.7 Å². The summed E-state index contributed by atoms with van der Waals surface area (Å²) in [7, 11) is 0. The normalized spacial score (nSPS) is 15.6. The van der Waals surface area contributed by atoms with Gasteiger partial charge in [-0.05, 0) is 31.8 Å². The maximum absolute atomic E-state index is 3.74. The Morgan fingerprint density at radius 3 is 2.67 bits per heavy atom. The topological polar surface area (TPSA) is 12.0 Å². The van der Waals surface area contributed by atoms with Crippen molar-refractivity contribution in [1.29, 1.82) is 0 Å². The van der Waals surface area contributed by atoms with Crippen molar-refractivity contribution in [3.63, 3.8) is 0 Å². The number of hydrogen-bond acceptors (Lipinski definition) is 2. The molecule has 0 aliphatic carbocycles. The third-order valence-electron chi connectivity index (χ3n) is 1.80. The first-order chi connectivity index (χ1) is 5.70. The van der Waals surface area contributed by atoms with E-state index in [2.05, 4.69) is 32.7 Å². The van der Waals surface area contributed by atoms with Crippen LogP contribution < -0.4 is 5.32 Å². The van der Waals surface area contributed by atoms with E-state index < -0.39 is 0 Å². The molecular weight excluding hydrogens is 166 g/mol. The summed E-state index contributed by atoms with van der Waals surface area (Å²) in [5.41, 5.74) is 0. The predicted molar refractivity (Wildman–Crippen MR) is 59.9 cm³/mol. The summed E-state index contributed by atoms with van der Waals surface area (Å²) in [6.07, 6.45) is 3.19. The van der Waals surface area contributed by atoms with Gasteiger partial charge in [0.2, 0.25) is 0 Å². The van der Waals surface area contributed by atoms with Crippen molar-refractivity contribution < 1.29 is 0 Å². The second kappa shape index (κ2) is 7.69. The second-order valence-electron chi connectivity index (χ2n) is 3.08. The molecule has 0 aromatic rings. The average molecular weight is 187 g/mol. The van der Waals surface area contributed by atoms with Crippen molar-refractivity contribution in [3.8, 4) is 0 Å². The van der Waals surface area contributed by atoms with Gasteiger partial charge in [0.15, 0.2) is 0 Å². The molecule has 12 heavy (non-hydrogen) atoms. The Morgan fingerprint density at radius 1 is 1.50 bits per heavy atom. The minimum atomic E-state index is 0.437. The summed E-state index contributed by atoms with van der Waals surface area (Å²) in [5.74, 6) is 2.48. The molecule has 0 rings (SSSR count).